The van der Waals surface area contributed by atoms with Crippen LogP contribution in [0.15, 0.2) is 49.1 Å². The minimum absolute atomic E-state index is 0.0418. The van der Waals surface area contributed by atoms with E-state index in [2.05, 4.69) is 26.9 Å². The third kappa shape index (κ3) is 2.75. The van der Waals surface area contributed by atoms with E-state index in [1.165, 1.54) is 6.42 Å². The number of rotatable bonds is 3. The average Bonchev–Trinajstić information content (AvgIpc) is 3.39. The van der Waals surface area contributed by atoms with E-state index in [1.807, 2.05) is 30.5 Å². The summed E-state index contributed by atoms with van der Waals surface area (Å²) in [5.74, 6) is 1.68. The molecule has 1 saturated heterocycles. The van der Waals surface area contributed by atoms with Crippen LogP contribution in [0.5, 0.6) is 0 Å². The lowest BCUT2D eigenvalue weighted by molar-refractivity contribution is 0.0996. The van der Waals surface area contributed by atoms with Crippen LogP contribution in [-0.2, 0) is 6.54 Å². The van der Waals surface area contributed by atoms with E-state index < -0.39 is 0 Å². The summed E-state index contributed by atoms with van der Waals surface area (Å²) in [6.45, 7) is 4.85. The molecule has 2 aliphatic heterocycles. The first kappa shape index (κ1) is 16.0. The van der Waals surface area contributed by atoms with Crippen LogP contribution in [0.2, 0.25) is 0 Å². The second-order valence-corrected chi connectivity index (χ2v) is 7.25. The summed E-state index contributed by atoms with van der Waals surface area (Å²) in [6, 6.07) is 7.75. The summed E-state index contributed by atoms with van der Waals surface area (Å²) in [7, 11) is 0. The van der Waals surface area contributed by atoms with Crippen LogP contribution in [0.4, 0.5) is 11.5 Å². The SMILES string of the molecule is C[C@H]1CCN(c2ccc(-n3cc4c(n3)CN(c3cccnc3)C4=O)cn2)C1. The fraction of sp³-hybridized carbons (Fsp3) is 0.300. The smallest absolute Gasteiger partial charge is 0.262 e. The lowest BCUT2D eigenvalue weighted by atomic mass is 10.2. The second-order valence-electron chi connectivity index (χ2n) is 7.25. The Bertz CT molecular complexity index is 981. The number of hydrogen-bond acceptors (Lipinski definition) is 5. The van der Waals surface area contributed by atoms with Crippen molar-refractivity contribution >= 4 is 17.4 Å². The van der Waals surface area contributed by atoms with Crippen molar-refractivity contribution < 1.29 is 4.79 Å². The highest BCUT2D eigenvalue weighted by molar-refractivity contribution is 6.09. The molecule has 0 unspecified atom stereocenters. The number of fused-ring (bicyclic) bond motifs is 1. The Balaban J connectivity index is 1.37. The fourth-order valence-electron chi connectivity index (χ4n) is 3.77. The van der Waals surface area contributed by atoms with Crippen molar-refractivity contribution in [3.8, 4) is 5.69 Å². The molecule has 0 aromatic carbocycles. The van der Waals surface area contributed by atoms with Crippen molar-refractivity contribution in [3.05, 3.63) is 60.3 Å². The van der Waals surface area contributed by atoms with Crippen LogP contribution >= 0.6 is 0 Å². The summed E-state index contributed by atoms with van der Waals surface area (Å²) in [5, 5.41) is 4.61. The molecule has 27 heavy (non-hydrogen) atoms. The third-order valence-electron chi connectivity index (χ3n) is 5.28. The van der Waals surface area contributed by atoms with Gasteiger partial charge >= 0.3 is 0 Å². The summed E-state index contributed by atoms with van der Waals surface area (Å²) < 4.78 is 1.74. The molecule has 0 bridgehead atoms. The van der Waals surface area contributed by atoms with Crippen LogP contribution in [-0.4, -0.2) is 38.7 Å². The zero-order chi connectivity index (χ0) is 18.4. The number of amides is 1. The molecule has 136 valence electrons. The van der Waals surface area contributed by atoms with Crippen LogP contribution in [0.3, 0.4) is 0 Å². The molecule has 7 nitrogen and oxygen atoms in total. The Hall–Kier alpha value is -3.22. The molecule has 0 spiro atoms. The van der Waals surface area contributed by atoms with E-state index in [-0.39, 0.29) is 5.91 Å². The van der Waals surface area contributed by atoms with E-state index in [9.17, 15) is 4.79 Å². The molecular weight excluding hydrogens is 340 g/mol. The maximum atomic E-state index is 12.7. The van der Waals surface area contributed by atoms with E-state index in [4.69, 9.17) is 0 Å². The molecule has 2 aliphatic rings. The minimum Gasteiger partial charge on any atom is -0.356 e. The van der Waals surface area contributed by atoms with Gasteiger partial charge in [0.1, 0.15) is 5.82 Å². The van der Waals surface area contributed by atoms with Crippen LogP contribution in [0.1, 0.15) is 29.4 Å². The zero-order valence-corrected chi connectivity index (χ0v) is 15.1. The van der Waals surface area contributed by atoms with Crippen LogP contribution < -0.4 is 9.80 Å². The quantitative estimate of drug-likeness (QED) is 0.718. The van der Waals surface area contributed by atoms with Crippen molar-refractivity contribution in [2.45, 2.75) is 19.9 Å². The van der Waals surface area contributed by atoms with Gasteiger partial charge in [0, 0.05) is 25.5 Å². The molecule has 0 saturated carbocycles. The minimum atomic E-state index is -0.0418. The van der Waals surface area contributed by atoms with Crippen molar-refractivity contribution in [3.63, 3.8) is 0 Å². The Kier molecular flexibility index (Phi) is 3.67. The van der Waals surface area contributed by atoms with Crippen LogP contribution in [0, 0.1) is 5.92 Å². The van der Waals surface area contributed by atoms with Crippen molar-refractivity contribution in [2.24, 2.45) is 5.92 Å². The van der Waals surface area contributed by atoms with Crippen molar-refractivity contribution in [2.75, 3.05) is 22.9 Å². The van der Waals surface area contributed by atoms with Crippen molar-refractivity contribution in [1.29, 1.82) is 0 Å². The lowest BCUT2D eigenvalue weighted by Crippen LogP contribution is -2.23. The maximum Gasteiger partial charge on any atom is 0.262 e. The van der Waals surface area contributed by atoms with E-state index in [1.54, 1.807) is 28.2 Å². The van der Waals surface area contributed by atoms with E-state index in [0.29, 0.717) is 18.0 Å². The molecule has 1 fully saturated rings. The van der Waals surface area contributed by atoms with Gasteiger partial charge in [-0.1, -0.05) is 6.92 Å². The Morgan fingerprint density at radius 1 is 1.15 bits per heavy atom. The molecular formula is C20H20N6O. The maximum absolute atomic E-state index is 12.7. The summed E-state index contributed by atoms with van der Waals surface area (Å²) in [5.41, 5.74) is 3.07. The first-order valence-electron chi connectivity index (χ1n) is 9.21. The Labute approximate surface area is 157 Å². The Morgan fingerprint density at radius 2 is 2.07 bits per heavy atom. The number of anilines is 2. The molecule has 0 N–H and O–H groups in total. The molecule has 3 aromatic heterocycles. The highest BCUT2D eigenvalue weighted by Gasteiger charge is 2.32. The first-order valence-corrected chi connectivity index (χ1v) is 9.21. The molecule has 1 amide bonds. The zero-order valence-electron chi connectivity index (χ0n) is 15.1. The van der Waals surface area contributed by atoms with Gasteiger partial charge in [0.05, 0.1) is 41.6 Å². The van der Waals surface area contributed by atoms with Gasteiger partial charge in [0.25, 0.3) is 5.91 Å². The predicted octanol–water partition coefficient (Wildman–Crippen LogP) is 2.67. The average molecular weight is 360 g/mol. The third-order valence-corrected chi connectivity index (χ3v) is 5.28. The first-order chi connectivity index (χ1) is 13.2. The predicted molar refractivity (Wildman–Crippen MR) is 102 cm³/mol. The molecule has 0 aliphatic carbocycles. The normalized spacial score (nSPS) is 19.0. The van der Waals surface area contributed by atoms with Gasteiger partial charge in [-0.25, -0.2) is 9.67 Å². The highest BCUT2D eigenvalue weighted by Crippen LogP contribution is 2.28. The molecule has 5 heterocycles. The number of carbonyl (C=O) groups is 1. The number of pyridine rings is 2. The highest BCUT2D eigenvalue weighted by atomic mass is 16.2. The summed E-state index contributed by atoms with van der Waals surface area (Å²) in [6.07, 6.45) is 8.22. The van der Waals surface area contributed by atoms with E-state index in [0.717, 1.165) is 36.0 Å². The standard InChI is InChI=1S/C20H20N6O/c1-14-6-8-24(11-14)19-5-4-16(10-22-19)26-12-17-18(23-26)13-25(20(17)27)15-3-2-7-21-9-15/h2-5,7,9-10,12,14H,6,8,11,13H2,1H3/t14-/m0/s1. The lowest BCUT2D eigenvalue weighted by Gasteiger charge is -2.17. The second kappa shape index (κ2) is 6.19. The van der Waals surface area contributed by atoms with Gasteiger partial charge in [-0.05, 0) is 36.6 Å². The van der Waals surface area contributed by atoms with Gasteiger partial charge in [0.2, 0.25) is 0 Å². The van der Waals surface area contributed by atoms with Gasteiger partial charge in [-0.2, -0.15) is 5.10 Å². The number of hydrogen-bond donors (Lipinski definition) is 0. The number of aromatic nitrogens is 4. The van der Waals surface area contributed by atoms with Crippen LogP contribution in [0.25, 0.3) is 5.69 Å². The number of carbonyl (C=O) groups excluding carboxylic acids is 1. The largest absolute Gasteiger partial charge is 0.356 e. The molecule has 0 radical (unpaired) electrons. The summed E-state index contributed by atoms with van der Waals surface area (Å²) in [4.78, 5) is 25.4. The molecule has 7 heteroatoms. The van der Waals surface area contributed by atoms with Gasteiger partial charge < -0.3 is 9.80 Å². The van der Waals surface area contributed by atoms with Gasteiger partial charge in [0.15, 0.2) is 0 Å². The van der Waals surface area contributed by atoms with E-state index >= 15 is 0 Å². The topological polar surface area (TPSA) is 67.2 Å². The Morgan fingerprint density at radius 3 is 2.74 bits per heavy atom. The van der Waals surface area contributed by atoms with Gasteiger partial charge in [-0.3, -0.25) is 9.78 Å². The van der Waals surface area contributed by atoms with Crippen molar-refractivity contribution in [1.82, 2.24) is 19.7 Å². The summed E-state index contributed by atoms with van der Waals surface area (Å²) >= 11 is 0. The van der Waals surface area contributed by atoms with Gasteiger partial charge in [-0.15, -0.1) is 0 Å². The monoisotopic (exact) mass is 360 g/mol. The molecule has 3 aromatic rings. The molecule has 5 rings (SSSR count). The number of nitrogens with zero attached hydrogens (tertiary/aromatic N) is 6. The molecule has 1 atom stereocenters. The fourth-order valence-corrected chi connectivity index (χ4v) is 3.77.